The molecule has 0 aliphatic carbocycles. The first-order valence-corrected chi connectivity index (χ1v) is 11.7. The van der Waals surface area contributed by atoms with Crippen LogP contribution in [0.25, 0.3) is 22.4 Å². The minimum Gasteiger partial charge on any atom is -0.494 e. The summed E-state index contributed by atoms with van der Waals surface area (Å²) in [6, 6.07) is 31.8. The Kier molecular flexibility index (Phi) is 7.45. The van der Waals surface area contributed by atoms with Crippen molar-refractivity contribution in [3.63, 3.8) is 0 Å². The summed E-state index contributed by atoms with van der Waals surface area (Å²) in [4.78, 5) is 4.85. The Bertz CT molecular complexity index is 1210. The molecule has 3 nitrogen and oxygen atoms in total. The average Bonchev–Trinajstić information content (AvgIpc) is 2.85. The van der Waals surface area contributed by atoms with Crippen molar-refractivity contribution >= 4 is 23.4 Å². The number of aromatic nitrogens is 1. The van der Waals surface area contributed by atoms with Gasteiger partial charge in [-0.25, -0.2) is 4.98 Å². The van der Waals surface area contributed by atoms with Crippen LogP contribution in [-0.2, 0) is 0 Å². The van der Waals surface area contributed by atoms with Crippen LogP contribution in [0.15, 0.2) is 96.0 Å². The molecule has 32 heavy (non-hydrogen) atoms. The zero-order valence-corrected chi connectivity index (χ0v) is 18.9. The Morgan fingerprint density at radius 3 is 2.19 bits per heavy atom. The number of rotatable bonds is 8. The molecular formula is C27H21ClN2OS. The highest BCUT2D eigenvalue weighted by Crippen LogP contribution is 2.34. The summed E-state index contributed by atoms with van der Waals surface area (Å²) in [6.07, 6.45) is 0.829. The summed E-state index contributed by atoms with van der Waals surface area (Å²) in [5, 5.41) is 11.4. The normalized spacial score (nSPS) is 10.5. The van der Waals surface area contributed by atoms with E-state index in [-0.39, 0.29) is 0 Å². The molecule has 0 aliphatic rings. The van der Waals surface area contributed by atoms with Gasteiger partial charge in [0.05, 0.1) is 17.9 Å². The van der Waals surface area contributed by atoms with Crippen molar-refractivity contribution in [2.45, 2.75) is 11.4 Å². The monoisotopic (exact) mass is 456 g/mol. The fourth-order valence-corrected chi connectivity index (χ4v) is 4.33. The lowest BCUT2D eigenvalue weighted by atomic mass is 9.99. The van der Waals surface area contributed by atoms with Crippen LogP contribution < -0.4 is 4.74 Å². The Morgan fingerprint density at radius 2 is 1.53 bits per heavy atom. The summed E-state index contributed by atoms with van der Waals surface area (Å²) in [6.45, 7) is 0.584. The van der Waals surface area contributed by atoms with Crippen molar-refractivity contribution in [2.24, 2.45) is 0 Å². The van der Waals surface area contributed by atoms with Crippen LogP contribution in [0.1, 0.15) is 12.0 Å². The fraction of sp³-hybridized carbons (Fsp3) is 0.111. The van der Waals surface area contributed by atoms with Gasteiger partial charge in [-0.05, 0) is 42.3 Å². The maximum atomic E-state index is 9.96. The molecule has 5 heteroatoms. The van der Waals surface area contributed by atoms with E-state index >= 15 is 0 Å². The van der Waals surface area contributed by atoms with Crippen molar-refractivity contribution in [2.75, 3.05) is 12.4 Å². The second kappa shape index (κ2) is 10.9. The van der Waals surface area contributed by atoms with Gasteiger partial charge >= 0.3 is 0 Å². The van der Waals surface area contributed by atoms with E-state index in [1.165, 1.54) is 0 Å². The van der Waals surface area contributed by atoms with Crippen molar-refractivity contribution in [1.29, 1.82) is 5.26 Å². The van der Waals surface area contributed by atoms with E-state index in [9.17, 15) is 5.26 Å². The van der Waals surface area contributed by atoms with Gasteiger partial charge in [0, 0.05) is 21.9 Å². The van der Waals surface area contributed by atoms with Gasteiger partial charge in [-0.2, -0.15) is 5.26 Å². The molecule has 0 atom stereocenters. The predicted molar refractivity (Wildman–Crippen MR) is 132 cm³/mol. The lowest BCUT2D eigenvalue weighted by Gasteiger charge is -2.13. The topological polar surface area (TPSA) is 45.9 Å². The molecular weight excluding hydrogens is 436 g/mol. The van der Waals surface area contributed by atoms with E-state index in [1.54, 1.807) is 11.8 Å². The number of pyridine rings is 1. The quantitative estimate of drug-likeness (QED) is 0.203. The Morgan fingerprint density at radius 1 is 0.875 bits per heavy atom. The van der Waals surface area contributed by atoms with Crippen molar-refractivity contribution < 1.29 is 4.74 Å². The molecule has 0 spiro atoms. The van der Waals surface area contributed by atoms with Gasteiger partial charge in [0.15, 0.2) is 0 Å². The summed E-state index contributed by atoms with van der Waals surface area (Å²) < 4.78 is 5.78. The van der Waals surface area contributed by atoms with Crippen LogP contribution in [0, 0.1) is 11.3 Å². The van der Waals surface area contributed by atoms with Gasteiger partial charge in [0.2, 0.25) is 0 Å². The van der Waals surface area contributed by atoms with Gasteiger partial charge in [0.1, 0.15) is 16.8 Å². The van der Waals surface area contributed by atoms with Gasteiger partial charge in [-0.15, -0.1) is 11.8 Å². The Hall–Kier alpha value is -3.26. The second-order valence-corrected chi connectivity index (χ2v) is 8.60. The maximum absolute atomic E-state index is 9.96. The number of thioether (sulfide) groups is 1. The summed E-state index contributed by atoms with van der Waals surface area (Å²) in [5.41, 5.74) is 4.42. The van der Waals surface area contributed by atoms with Gasteiger partial charge in [-0.1, -0.05) is 72.3 Å². The highest BCUT2D eigenvalue weighted by Gasteiger charge is 2.15. The third-order valence-corrected chi connectivity index (χ3v) is 6.18. The minimum absolute atomic E-state index is 0.584. The first-order chi connectivity index (χ1) is 15.7. The zero-order chi connectivity index (χ0) is 22.2. The lowest BCUT2D eigenvalue weighted by molar-refractivity contribution is 0.318. The molecule has 158 valence electrons. The third kappa shape index (κ3) is 5.50. The van der Waals surface area contributed by atoms with E-state index in [0.717, 1.165) is 45.3 Å². The first-order valence-electron chi connectivity index (χ1n) is 10.3. The summed E-state index contributed by atoms with van der Waals surface area (Å²) >= 11 is 7.51. The second-order valence-electron chi connectivity index (χ2n) is 7.08. The molecule has 0 N–H and O–H groups in total. The molecule has 0 amide bonds. The summed E-state index contributed by atoms with van der Waals surface area (Å²) in [7, 11) is 0. The molecule has 0 radical (unpaired) electrons. The van der Waals surface area contributed by atoms with Crippen LogP contribution in [-0.4, -0.2) is 17.3 Å². The number of benzene rings is 3. The molecule has 0 bridgehead atoms. The number of ether oxygens (including phenoxy) is 1. The molecule has 1 heterocycles. The van der Waals surface area contributed by atoms with E-state index < -0.39 is 0 Å². The Balaban J connectivity index is 1.54. The fourth-order valence-electron chi connectivity index (χ4n) is 3.28. The molecule has 0 saturated heterocycles. The van der Waals surface area contributed by atoms with Crippen molar-refractivity contribution in [3.8, 4) is 34.2 Å². The number of halogens is 1. The van der Waals surface area contributed by atoms with E-state index in [1.807, 2.05) is 91.0 Å². The molecule has 0 saturated carbocycles. The third-order valence-electron chi connectivity index (χ3n) is 4.86. The van der Waals surface area contributed by atoms with Crippen LogP contribution in [0.4, 0.5) is 0 Å². The highest BCUT2D eigenvalue weighted by atomic mass is 35.5. The molecule has 0 fully saturated rings. The molecule has 3 aromatic carbocycles. The number of hydrogen-bond acceptors (Lipinski definition) is 4. The van der Waals surface area contributed by atoms with E-state index in [4.69, 9.17) is 21.3 Å². The van der Waals surface area contributed by atoms with Gasteiger partial charge in [0.25, 0.3) is 0 Å². The highest BCUT2D eigenvalue weighted by molar-refractivity contribution is 7.99. The first kappa shape index (κ1) is 22.0. The van der Waals surface area contributed by atoms with Crippen LogP contribution in [0.5, 0.6) is 5.75 Å². The zero-order valence-electron chi connectivity index (χ0n) is 17.4. The summed E-state index contributed by atoms with van der Waals surface area (Å²) in [5.74, 6) is 1.59. The smallest absolute Gasteiger partial charge is 0.119 e. The number of nitrogens with zero attached hydrogens (tertiary/aromatic N) is 2. The molecule has 1 aromatic heterocycles. The van der Waals surface area contributed by atoms with E-state index in [2.05, 4.69) is 6.07 Å². The van der Waals surface area contributed by atoms with Crippen LogP contribution >= 0.6 is 23.4 Å². The SMILES string of the molecule is N#Cc1c(-c2ccccc2)cc(-c2ccccc2)nc1SCCCOc1ccc(Cl)cc1. The standard InChI is InChI=1S/C27H21ClN2OS/c28-22-12-14-23(15-13-22)31-16-7-17-32-27-25(19-29)24(20-8-3-1-4-9-20)18-26(30-27)21-10-5-2-6-11-21/h1-6,8-15,18H,7,16-17H2. The number of hydrogen-bond donors (Lipinski definition) is 0. The molecule has 0 aliphatic heterocycles. The van der Waals surface area contributed by atoms with E-state index in [0.29, 0.717) is 17.2 Å². The van der Waals surface area contributed by atoms with Crippen LogP contribution in [0.2, 0.25) is 5.02 Å². The van der Waals surface area contributed by atoms with Crippen molar-refractivity contribution in [1.82, 2.24) is 4.98 Å². The molecule has 4 rings (SSSR count). The maximum Gasteiger partial charge on any atom is 0.119 e. The minimum atomic E-state index is 0.584. The van der Waals surface area contributed by atoms with Crippen molar-refractivity contribution in [3.05, 3.63) is 102 Å². The lowest BCUT2D eigenvalue weighted by Crippen LogP contribution is -2.00. The van der Waals surface area contributed by atoms with Gasteiger partial charge < -0.3 is 4.74 Å². The number of nitriles is 1. The molecule has 4 aromatic rings. The Labute approximate surface area is 197 Å². The average molecular weight is 457 g/mol. The molecule has 0 unspecified atom stereocenters. The van der Waals surface area contributed by atoms with Crippen LogP contribution in [0.3, 0.4) is 0 Å². The largest absolute Gasteiger partial charge is 0.494 e. The predicted octanol–water partition coefficient (Wildman–Crippen LogP) is 7.50. The van der Waals surface area contributed by atoms with Gasteiger partial charge in [-0.3, -0.25) is 0 Å².